The Balaban J connectivity index is 1.50. The van der Waals surface area contributed by atoms with Gasteiger partial charge >= 0.3 is 0 Å². The maximum Gasteiger partial charge on any atom is 0.270 e. The van der Waals surface area contributed by atoms with Crippen molar-refractivity contribution in [3.8, 4) is 10.6 Å². The molecule has 0 fully saturated rings. The van der Waals surface area contributed by atoms with Crippen molar-refractivity contribution >= 4 is 56.0 Å². The van der Waals surface area contributed by atoms with Gasteiger partial charge in [0.1, 0.15) is 16.5 Å². The molecule has 4 N–H and O–H groups in total. The lowest BCUT2D eigenvalue weighted by Gasteiger charge is -2.15. The summed E-state index contributed by atoms with van der Waals surface area (Å²) >= 11 is 2.99. The Bertz CT molecular complexity index is 1260. The van der Waals surface area contributed by atoms with Crippen molar-refractivity contribution < 1.29 is 14.6 Å². The number of ether oxygens (including phenoxy) is 1. The highest BCUT2D eigenvalue weighted by molar-refractivity contribution is 7.16. The molecule has 178 valence electrons. The monoisotopic (exact) mass is 498 g/mol. The highest BCUT2D eigenvalue weighted by atomic mass is 32.1. The molecule has 1 aromatic carbocycles. The fourth-order valence-electron chi connectivity index (χ4n) is 3.20. The molecule has 4 rings (SSSR count). The largest absolute Gasteiger partial charge is 0.394 e. The second-order valence-corrected chi connectivity index (χ2v) is 9.45. The van der Waals surface area contributed by atoms with Gasteiger partial charge in [0, 0.05) is 41.6 Å². The van der Waals surface area contributed by atoms with Crippen molar-refractivity contribution in [2.75, 3.05) is 37.0 Å². The molecule has 3 heterocycles. The molecule has 0 aliphatic carbocycles. The van der Waals surface area contributed by atoms with Gasteiger partial charge in [0.15, 0.2) is 0 Å². The fourth-order valence-corrected chi connectivity index (χ4v) is 4.74. The maximum absolute atomic E-state index is 12.4. The van der Waals surface area contributed by atoms with Gasteiger partial charge in [-0.2, -0.15) is 0 Å². The van der Waals surface area contributed by atoms with Gasteiger partial charge in [-0.05, 0) is 32.0 Å². The number of amides is 1. The zero-order chi connectivity index (χ0) is 23.9. The first kappa shape index (κ1) is 24.0. The maximum atomic E-state index is 12.4. The zero-order valence-corrected chi connectivity index (χ0v) is 20.5. The Hall–Kier alpha value is -3.12. The fraction of sp³-hybridized carbons (Fsp3) is 0.304. The average molecular weight is 499 g/mol. The van der Waals surface area contributed by atoms with Crippen LogP contribution < -0.4 is 16.0 Å². The molecule has 0 unspecified atom stereocenters. The van der Waals surface area contributed by atoms with Crippen molar-refractivity contribution in [3.05, 3.63) is 47.0 Å². The lowest BCUT2D eigenvalue weighted by atomic mass is 10.2. The summed E-state index contributed by atoms with van der Waals surface area (Å²) in [5, 5.41) is 20.7. The number of hydrogen-bond acceptors (Lipinski definition) is 10. The summed E-state index contributed by atoms with van der Waals surface area (Å²) in [6.07, 6.45) is 1.77. The van der Waals surface area contributed by atoms with Gasteiger partial charge in [-0.25, -0.2) is 15.0 Å². The van der Waals surface area contributed by atoms with Crippen molar-refractivity contribution in [2.45, 2.75) is 19.9 Å². The Morgan fingerprint density at radius 3 is 2.88 bits per heavy atom. The third kappa shape index (κ3) is 6.06. The molecule has 4 aromatic rings. The lowest BCUT2D eigenvalue weighted by Crippen LogP contribution is -2.27. The number of thiazole rings is 2. The van der Waals surface area contributed by atoms with E-state index in [4.69, 9.17) is 9.84 Å². The third-order valence-electron chi connectivity index (χ3n) is 4.69. The number of fused-ring (bicyclic) bond motifs is 1. The van der Waals surface area contributed by atoms with Gasteiger partial charge in [0.25, 0.3) is 5.91 Å². The van der Waals surface area contributed by atoms with Crippen LogP contribution in [0.25, 0.3) is 20.8 Å². The Morgan fingerprint density at radius 2 is 2.06 bits per heavy atom. The van der Waals surface area contributed by atoms with Gasteiger partial charge in [-0.3, -0.25) is 4.79 Å². The Labute approximate surface area is 205 Å². The first-order valence-electron chi connectivity index (χ1n) is 10.8. The first-order chi connectivity index (χ1) is 16.5. The smallest absolute Gasteiger partial charge is 0.270 e. The summed E-state index contributed by atoms with van der Waals surface area (Å²) in [7, 11) is 0. The summed E-state index contributed by atoms with van der Waals surface area (Å²) in [6.45, 7) is 5.02. The van der Waals surface area contributed by atoms with E-state index in [1.54, 1.807) is 22.9 Å². The SMILES string of the molecule is CC(C)Nc1cc(Nc2ccc3ncsc3c2)ncc1-c1nc(C(=O)NCCOCCO)cs1. The van der Waals surface area contributed by atoms with E-state index in [0.717, 1.165) is 27.2 Å². The second kappa shape index (κ2) is 11.3. The second-order valence-electron chi connectivity index (χ2n) is 7.70. The topological polar surface area (TPSA) is 121 Å². The highest BCUT2D eigenvalue weighted by Gasteiger charge is 2.16. The number of hydrogen-bond donors (Lipinski definition) is 4. The molecule has 0 saturated carbocycles. The van der Waals surface area contributed by atoms with Crippen LogP contribution in [0.2, 0.25) is 0 Å². The van der Waals surface area contributed by atoms with E-state index < -0.39 is 0 Å². The molecule has 1 amide bonds. The molecule has 0 aliphatic heterocycles. The Morgan fingerprint density at radius 1 is 1.18 bits per heavy atom. The van der Waals surface area contributed by atoms with Crippen LogP contribution >= 0.6 is 22.7 Å². The van der Waals surface area contributed by atoms with Gasteiger partial charge in [0.05, 0.1) is 41.1 Å². The number of nitrogens with one attached hydrogen (secondary N) is 3. The molecular weight excluding hydrogens is 472 g/mol. The van der Waals surface area contributed by atoms with E-state index in [9.17, 15) is 4.79 Å². The number of pyridine rings is 1. The molecule has 0 bridgehead atoms. The van der Waals surface area contributed by atoms with Crippen LogP contribution in [0.4, 0.5) is 17.2 Å². The number of carbonyl (C=O) groups is 1. The van der Waals surface area contributed by atoms with E-state index in [-0.39, 0.29) is 25.2 Å². The minimum Gasteiger partial charge on any atom is -0.394 e. The predicted octanol–water partition coefficient (Wildman–Crippen LogP) is 4.12. The number of carbonyl (C=O) groups excluding carboxylic acids is 1. The summed E-state index contributed by atoms with van der Waals surface area (Å²) < 4.78 is 6.27. The normalized spacial score (nSPS) is 11.2. The summed E-state index contributed by atoms with van der Waals surface area (Å²) in [6, 6.07) is 8.17. The first-order valence-corrected chi connectivity index (χ1v) is 12.6. The number of benzene rings is 1. The number of anilines is 3. The van der Waals surface area contributed by atoms with E-state index >= 15 is 0 Å². The Kier molecular flexibility index (Phi) is 8.01. The molecule has 0 spiro atoms. The molecule has 0 radical (unpaired) electrons. The molecule has 9 nitrogen and oxygen atoms in total. The van der Waals surface area contributed by atoms with Gasteiger partial charge in [-0.1, -0.05) is 0 Å². The lowest BCUT2D eigenvalue weighted by molar-refractivity contribution is 0.0835. The van der Waals surface area contributed by atoms with Crippen LogP contribution in [0, 0.1) is 0 Å². The van der Waals surface area contributed by atoms with Crippen LogP contribution in [0.5, 0.6) is 0 Å². The molecular formula is C23H26N6O3S2. The zero-order valence-electron chi connectivity index (χ0n) is 18.9. The van der Waals surface area contributed by atoms with Crippen LogP contribution in [-0.4, -0.2) is 58.4 Å². The van der Waals surface area contributed by atoms with Gasteiger partial charge in [0.2, 0.25) is 0 Å². The van der Waals surface area contributed by atoms with Gasteiger partial charge in [-0.15, -0.1) is 22.7 Å². The standard InChI is InChI=1S/C23H26N6O3S2/c1-14(2)27-18-10-21(28-15-3-4-17-20(9-15)34-13-26-17)25-11-16(18)23-29-19(12-33-23)22(31)24-5-7-32-8-6-30/h3-4,9-14,30H,5-8H2,1-2H3,(H,24,31)(H2,25,27,28). The summed E-state index contributed by atoms with van der Waals surface area (Å²) in [5.41, 5.74) is 5.79. The average Bonchev–Trinajstić information content (AvgIpc) is 3.48. The van der Waals surface area contributed by atoms with E-state index in [1.807, 2.05) is 23.7 Å². The number of aliphatic hydroxyl groups excluding tert-OH is 1. The molecule has 34 heavy (non-hydrogen) atoms. The predicted molar refractivity (Wildman–Crippen MR) is 137 cm³/mol. The number of aliphatic hydroxyl groups is 1. The number of rotatable bonds is 11. The molecule has 11 heteroatoms. The van der Waals surface area contributed by atoms with E-state index in [1.165, 1.54) is 11.3 Å². The van der Waals surface area contributed by atoms with Crippen molar-refractivity contribution in [1.29, 1.82) is 0 Å². The van der Waals surface area contributed by atoms with E-state index in [2.05, 4.69) is 50.8 Å². The minimum absolute atomic E-state index is 0.0418. The van der Waals surface area contributed by atoms with Crippen molar-refractivity contribution in [2.24, 2.45) is 0 Å². The molecule has 0 aliphatic rings. The quantitative estimate of drug-likeness (QED) is 0.228. The van der Waals surface area contributed by atoms with Crippen LogP contribution in [0.1, 0.15) is 24.3 Å². The van der Waals surface area contributed by atoms with Crippen molar-refractivity contribution in [3.63, 3.8) is 0 Å². The minimum atomic E-state index is -0.266. The number of aromatic nitrogens is 3. The van der Waals surface area contributed by atoms with Crippen LogP contribution in [0.3, 0.4) is 0 Å². The highest BCUT2D eigenvalue weighted by Crippen LogP contribution is 2.33. The van der Waals surface area contributed by atoms with E-state index in [0.29, 0.717) is 29.7 Å². The summed E-state index contributed by atoms with van der Waals surface area (Å²) in [5.74, 6) is 0.436. The van der Waals surface area contributed by atoms with Crippen molar-refractivity contribution in [1.82, 2.24) is 20.3 Å². The summed E-state index contributed by atoms with van der Waals surface area (Å²) in [4.78, 5) is 25.8. The van der Waals surface area contributed by atoms with Crippen LogP contribution in [0.15, 0.2) is 41.4 Å². The third-order valence-corrected chi connectivity index (χ3v) is 6.35. The number of nitrogens with zero attached hydrogens (tertiary/aromatic N) is 3. The molecule has 0 atom stereocenters. The molecule has 3 aromatic heterocycles. The van der Waals surface area contributed by atoms with Crippen LogP contribution in [-0.2, 0) is 4.74 Å². The van der Waals surface area contributed by atoms with Gasteiger partial charge < -0.3 is 25.8 Å². The molecule has 0 saturated heterocycles.